The lowest BCUT2D eigenvalue weighted by Crippen LogP contribution is -2.22. The fraction of sp³-hybridized carbons (Fsp3) is 0.267. The second-order valence-electron chi connectivity index (χ2n) is 4.57. The van der Waals surface area contributed by atoms with Gasteiger partial charge >= 0.3 is 5.97 Å². The van der Waals surface area contributed by atoms with Gasteiger partial charge in [0.15, 0.2) is 0 Å². The van der Waals surface area contributed by atoms with Crippen LogP contribution in [0, 0.1) is 0 Å². The summed E-state index contributed by atoms with van der Waals surface area (Å²) in [6.07, 6.45) is 0. The number of anilines is 2. The average molecular weight is 290 g/mol. The van der Waals surface area contributed by atoms with Gasteiger partial charge in [-0.2, -0.15) is 0 Å². The monoisotopic (exact) mass is 290 g/mol. The third kappa shape index (κ3) is 2.77. The van der Waals surface area contributed by atoms with E-state index in [1.165, 1.54) is 12.0 Å². The van der Waals surface area contributed by atoms with Crippen molar-refractivity contribution in [1.82, 2.24) is 0 Å². The molecule has 0 bridgehead atoms. The molecule has 0 fully saturated rings. The Morgan fingerprint density at radius 2 is 2.15 bits per heavy atom. The molecular formula is C15H18N2O2S. The van der Waals surface area contributed by atoms with Crippen LogP contribution in [0.25, 0.3) is 0 Å². The number of hydrogen-bond acceptors (Lipinski definition) is 5. The molecule has 0 saturated carbocycles. The van der Waals surface area contributed by atoms with Gasteiger partial charge in [-0.25, -0.2) is 4.79 Å². The third-order valence-electron chi connectivity index (χ3n) is 3.37. The van der Waals surface area contributed by atoms with Gasteiger partial charge in [-0.05, 0) is 36.6 Å². The highest BCUT2D eigenvalue weighted by atomic mass is 32.1. The Balaban J connectivity index is 2.33. The van der Waals surface area contributed by atoms with Crippen molar-refractivity contribution in [3.05, 3.63) is 46.2 Å². The minimum absolute atomic E-state index is 0.185. The van der Waals surface area contributed by atoms with Crippen molar-refractivity contribution < 1.29 is 9.53 Å². The molecule has 0 spiro atoms. The first kappa shape index (κ1) is 14.4. The number of ether oxygens (including phenoxy) is 1. The van der Waals surface area contributed by atoms with Gasteiger partial charge in [0.05, 0.1) is 30.1 Å². The number of methoxy groups -OCH3 is 1. The number of nitrogen functional groups attached to an aromatic ring is 1. The zero-order valence-electron chi connectivity index (χ0n) is 11.8. The number of nitrogens with zero attached hydrogens (tertiary/aromatic N) is 1. The second kappa shape index (κ2) is 5.96. The van der Waals surface area contributed by atoms with Gasteiger partial charge in [0.1, 0.15) is 0 Å². The van der Waals surface area contributed by atoms with Crippen molar-refractivity contribution in [2.75, 3.05) is 24.8 Å². The third-order valence-corrected chi connectivity index (χ3v) is 4.41. The molecule has 0 radical (unpaired) electrons. The van der Waals surface area contributed by atoms with Gasteiger partial charge in [0.25, 0.3) is 0 Å². The number of benzene rings is 1. The van der Waals surface area contributed by atoms with Crippen LogP contribution in [0.4, 0.5) is 11.4 Å². The summed E-state index contributed by atoms with van der Waals surface area (Å²) < 4.78 is 4.75. The molecule has 20 heavy (non-hydrogen) atoms. The van der Waals surface area contributed by atoms with Crippen molar-refractivity contribution in [3.63, 3.8) is 0 Å². The first-order valence-corrected chi connectivity index (χ1v) is 7.16. The summed E-state index contributed by atoms with van der Waals surface area (Å²) in [6.45, 7) is 2.11. The van der Waals surface area contributed by atoms with E-state index < -0.39 is 0 Å². The van der Waals surface area contributed by atoms with E-state index in [-0.39, 0.29) is 12.0 Å². The molecule has 2 aromatic rings. The van der Waals surface area contributed by atoms with E-state index in [2.05, 4.69) is 17.9 Å². The minimum Gasteiger partial charge on any atom is -0.465 e. The summed E-state index contributed by atoms with van der Waals surface area (Å²) in [4.78, 5) is 14.9. The van der Waals surface area contributed by atoms with Gasteiger partial charge in [0, 0.05) is 11.9 Å². The number of carbonyl (C=O) groups excluding carboxylic acids is 1. The SMILES string of the molecule is COC(=O)c1ccc(N)c(N(C)C(C)c2cccs2)c1. The molecule has 0 saturated heterocycles. The van der Waals surface area contributed by atoms with Crippen LogP contribution in [0.15, 0.2) is 35.7 Å². The van der Waals surface area contributed by atoms with Crippen LogP contribution in [-0.2, 0) is 4.74 Å². The van der Waals surface area contributed by atoms with Gasteiger partial charge in [-0.3, -0.25) is 0 Å². The minimum atomic E-state index is -0.358. The molecule has 1 heterocycles. The number of thiophene rings is 1. The zero-order chi connectivity index (χ0) is 14.7. The lowest BCUT2D eigenvalue weighted by Gasteiger charge is -2.27. The Bertz CT molecular complexity index is 596. The van der Waals surface area contributed by atoms with Crippen LogP contribution in [0.5, 0.6) is 0 Å². The van der Waals surface area contributed by atoms with Crippen LogP contribution in [0.2, 0.25) is 0 Å². The first-order valence-electron chi connectivity index (χ1n) is 6.28. The number of hydrogen-bond donors (Lipinski definition) is 1. The van der Waals surface area contributed by atoms with Gasteiger partial charge in [-0.15, -0.1) is 11.3 Å². The molecule has 1 atom stereocenters. The fourth-order valence-electron chi connectivity index (χ4n) is 2.02. The van der Waals surface area contributed by atoms with Crippen molar-refractivity contribution in [1.29, 1.82) is 0 Å². The molecule has 0 amide bonds. The smallest absolute Gasteiger partial charge is 0.337 e. The highest BCUT2D eigenvalue weighted by molar-refractivity contribution is 7.10. The molecule has 0 aliphatic rings. The summed E-state index contributed by atoms with van der Waals surface area (Å²) in [5.41, 5.74) is 8.00. The average Bonchev–Trinajstić information content (AvgIpc) is 2.99. The summed E-state index contributed by atoms with van der Waals surface area (Å²) in [6, 6.07) is 9.48. The summed E-state index contributed by atoms with van der Waals surface area (Å²) >= 11 is 1.70. The summed E-state index contributed by atoms with van der Waals surface area (Å²) in [5, 5.41) is 2.05. The molecule has 0 aliphatic carbocycles. The summed E-state index contributed by atoms with van der Waals surface area (Å²) in [5.74, 6) is -0.358. The molecule has 1 aromatic carbocycles. The Morgan fingerprint density at radius 3 is 2.75 bits per heavy atom. The number of esters is 1. The zero-order valence-corrected chi connectivity index (χ0v) is 12.6. The molecule has 106 valence electrons. The lowest BCUT2D eigenvalue weighted by atomic mass is 10.1. The summed E-state index contributed by atoms with van der Waals surface area (Å²) in [7, 11) is 3.34. The molecule has 5 heteroatoms. The van der Waals surface area contributed by atoms with E-state index in [1.807, 2.05) is 18.5 Å². The van der Waals surface area contributed by atoms with Crippen molar-refractivity contribution in [2.24, 2.45) is 0 Å². The van der Waals surface area contributed by atoms with E-state index in [0.717, 1.165) is 5.69 Å². The Labute approximate surface area is 122 Å². The van der Waals surface area contributed by atoms with Crippen molar-refractivity contribution in [2.45, 2.75) is 13.0 Å². The Hall–Kier alpha value is -2.01. The van der Waals surface area contributed by atoms with E-state index in [0.29, 0.717) is 11.3 Å². The molecule has 4 nitrogen and oxygen atoms in total. The first-order chi connectivity index (χ1) is 9.54. The highest BCUT2D eigenvalue weighted by Crippen LogP contribution is 2.32. The molecule has 0 aliphatic heterocycles. The van der Waals surface area contributed by atoms with Crippen molar-refractivity contribution in [3.8, 4) is 0 Å². The van der Waals surface area contributed by atoms with Gasteiger partial charge < -0.3 is 15.4 Å². The maximum atomic E-state index is 11.6. The van der Waals surface area contributed by atoms with Crippen molar-refractivity contribution >= 4 is 28.7 Å². The van der Waals surface area contributed by atoms with Gasteiger partial charge in [-0.1, -0.05) is 6.07 Å². The van der Waals surface area contributed by atoms with E-state index in [1.54, 1.807) is 29.5 Å². The molecule has 2 rings (SSSR count). The van der Waals surface area contributed by atoms with Crippen LogP contribution < -0.4 is 10.6 Å². The fourth-order valence-corrected chi connectivity index (χ4v) is 2.85. The number of rotatable bonds is 4. The molecule has 1 aromatic heterocycles. The van der Waals surface area contributed by atoms with Crippen LogP contribution in [0.3, 0.4) is 0 Å². The molecule has 1 unspecified atom stereocenters. The Kier molecular flexibility index (Phi) is 4.29. The van der Waals surface area contributed by atoms with E-state index in [4.69, 9.17) is 10.5 Å². The maximum Gasteiger partial charge on any atom is 0.337 e. The van der Waals surface area contributed by atoms with Crippen LogP contribution in [-0.4, -0.2) is 20.1 Å². The van der Waals surface area contributed by atoms with E-state index in [9.17, 15) is 4.79 Å². The van der Waals surface area contributed by atoms with E-state index >= 15 is 0 Å². The Morgan fingerprint density at radius 1 is 1.40 bits per heavy atom. The topological polar surface area (TPSA) is 55.6 Å². The maximum absolute atomic E-state index is 11.6. The van der Waals surface area contributed by atoms with Crippen LogP contribution >= 0.6 is 11.3 Å². The van der Waals surface area contributed by atoms with Gasteiger partial charge in [0.2, 0.25) is 0 Å². The molecule has 2 N–H and O–H groups in total. The quantitative estimate of drug-likeness (QED) is 0.693. The largest absolute Gasteiger partial charge is 0.465 e. The normalized spacial score (nSPS) is 11.9. The predicted molar refractivity (Wildman–Crippen MR) is 83.3 cm³/mol. The standard InChI is InChI=1S/C15H18N2O2S/c1-10(14-5-4-8-20-14)17(2)13-9-11(15(18)19-3)6-7-12(13)16/h4-10H,16H2,1-3H3. The number of carbonyl (C=O) groups is 1. The van der Waals surface area contributed by atoms with Crippen LogP contribution in [0.1, 0.15) is 28.2 Å². The predicted octanol–water partition coefficient (Wildman–Crippen LogP) is 3.31. The highest BCUT2D eigenvalue weighted by Gasteiger charge is 2.17. The number of nitrogens with two attached hydrogens (primary N) is 1. The lowest BCUT2D eigenvalue weighted by molar-refractivity contribution is 0.0601. The second-order valence-corrected chi connectivity index (χ2v) is 5.55. The molecular weight excluding hydrogens is 272 g/mol.